The molecule has 0 fully saturated rings. The van der Waals surface area contributed by atoms with Gasteiger partial charge in [-0.15, -0.1) is 0 Å². The Bertz CT molecular complexity index is 795. The van der Waals surface area contributed by atoms with Gasteiger partial charge in [-0.1, -0.05) is 30.3 Å². The molecule has 2 rings (SSSR count). The fourth-order valence-electron chi connectivity index (χ4n) is 2.61. The van der Waals surface area contributed by atoms with Gasteiger partial charge in [-0.25, -0.2) is 8.42 Å². The van der Waals surface area contributed by atoms with Crippen LogP contribution in [0, 0.1) is 0 Å². The molecule has 1 amide bonds. The van der Waals surface area contributed by atoms with Gasteiger partial charge in [-0.3, -0.25) is 9.78 Å². The molecule has 7 heteroatoms. The standard InChI is InChI=1S/C19H25N3O3S/c1-3-21(15-17-7-5-4-6-8-17)19(23)11-14-22(26(2,24)25)16-18-9-12-20-13-10-18/h4-10,12-13H,3,11,14-16H2,1-2H3. The van der Waals surface area contributed by atoms with Gasteiger partial charge in [0, 0.05) is 45.0 Å². The van der Waals surface area contributed by atoms with E-state index in [0.717, 1.165) is 11.1 Å². The second-order valence-electron chi connectivity index (χ2n) is 6.10. The molecule has 2 aromatic rings. The van der Waals surface area contributed by atoms with E-state index in [9.17, 15) is 13.2 Å². The topological polar surface area (TPSA) is 70.6 Å². The van der Waals surface area contributed by atoms with E-state index in [1.807, 2.05) is 37.3 Å². The Labute approximate surface area is 155 Å². The molecule has 1 aromatic heterocycles. The van der Waals surface area contributed by atoms with Crippen molar-refractivity contribution in [3.63, 3.8) is 0 Å². The Morgan fingerprint density at radius 1 is 1.00 bits per heavy atom. The third-order valence-corrected chi connectivity index (χ3v) is 5.35. The van der Waals surface area contributed by atoms with E-state index in [2.05, 4.69) is 4.98 Å². The van der Waals surface area contributed by atoms with E-state index >= 15 is 0 Å². The van der Waals surface area contributed by atoms with Crippen LogP contribution in [-0.2, 0) is 27.9 Å². The Morgan fingerprint density at radius 2 is 1.62 bits per heavy atom. The predicted octanol–water partition coefficient (Wildman–Crippen LogP) is 2.28. The van der Waals surface area contributed by atoms with Crippen LogP contribution in [-0.4, -0.2) is 47.9 Å². The van der Waals surface area contributed by atoms with Crippen LogP contribution in [0.5, 0.6) is 0 Å². The zero-order chi connectivity index (χ0) is 19.0. The highest BCUT2D eigenvalue weighted by Gasteiger charge is 2.20. The molecule has 0 unspecified atom stereocenters. The lowest BCUT2D eigenvalue weighted by Crippen LogP contribution is -2.36. The number of carbonyl (C=O) groups is 1. The molecule has 1 aromatic carbocycles. The number of nitrogens with zero attached hydrogens (tertiary/aromatic N) is 3. The van der Waals surface area contributed by atoms with Gasteiger partial charge in [0.15, 0.2) is 0 Å². The quantitative estimate of drug-likeness (QED) is 0.674. The molecular formula is C19H25N3O3S. The molecule has 140 valence electrons. The van der Waals surface area contributed by atoms with Gasteiger partial charge in [0.05, 0.1) is 6.26 Å². The number of amides is 1. The molecule has 0 bridgehead atoms. The van der Waals surface area contributed by atoms with Crippen LogP contribution in [0.2, 0.25) is 0 Å². The second kappa shape index (κ2) is 9.45. The van der Waals surface area contributed by atoms with Crippen molar-refractivity contribution in [3.05, 3.63) is 66.0 Å². The number of rotatable bonds is 9. The van der Waals surface area contributed by atoms with Crippen LogP contribution in [0.15, 0.2) is 54.9 Å². The van der Waals surface area contributed by atoms with Crippen LogP contribution in [0.1, 0.15) is 24.5 Å². The first-order chi connectivity index (χ1) is 12.4. The maximum atomic E-state index is 12.6. The first-order valence-electron chi connectivity index (χ1n) is 8.56. The average Bonchev–Trinajstić information content (AvgIpc) is 2.63. The van der Waals surface area contributed by atoms with Crippen LogP contribution >= 0.6 is 0 Å². The number of carbonyl (C=O) groups excluding carboxylic acids is 1. The molecular weight excluding hydrogens is 350 g/mol. The third kappa shape index (κ3) is 6.24. The highest BCUT2D eigenvalue weighted by atomic mass is 32.2. The van der Waals surface area contributed by atoms with Crippen molar-refractivity contribution in [3.8, 4) is 0 Å². The van der Waals surface area contributed by atoms with Crippen LogP contribution in [0.3, 0.4) is 0 Å². The van der Waals surface area contributed by atoms with Gasteiger partial charge in [0.25, 0.3) is 0 Å². The van der Waals surface area contributed by atoms with E-state index in [0.29, 0.717) is 13.1 Å². The highest BCUT2D eigenvalue weighted by molar-refractivity contribution is 7.88. The summed E-state index contributed by atoms with van der Waals surface area (Å²) >= 11 is 0. The first-order valence-corrected chi connectivity index (χ1v) is 10.4. The molecule has 0 saturated carbocycles. The summed E-state index contributed by atoms with van der Waals surface area (Å²) in [5.74, 6) is -0.0558. The Morgan fingerprint density at radius 3 is 2.19 bits per heavy atom. The maximum absolute atomic E-state index is 12.6. The third-order valence-electron chi connectivity index (χ3n) is 4.10. The molecule has 0 aliphatic rings. The van der Waals surface area contributed by atoms with Crippen molar-refractivity contribution in [2.75, 3.05) is 19.3 Å². The smallest absolute Gasteiger partial charge is 0.224 e. The first kappa shape index (κ1) is 20.1. The van der Waals surface area contributed by atoms with Gasteiger partial charge in [-0.2, -0.15) is 4.31 Å². The Kier molecular flexibility index (Phi) is 7.29. The summed E-state index contributed by atoms with van der Waals surface area (Å²) in [4.78, 5) is 18.2. The van der Waals surface area contributed by atoms with E-state index < -0.39 is 10.0 Å². The van der Waals surface area contributed by atoms with Gasteiger partial charge < -0.3 is 4.90 Å². The van der Waals surface area contributed by atoms with Crippen molar-refractivity contribution >= 4 is 15.9 Å². The van der Waals surface area contributed by atoms with E-state index in [4.69, 9.17) is 0 Å². The average molecular weight is 375 g/mol. The predicted molar refractivity (Wildman–Crippen MR) is 102 cm³/mol. The van der Waals surface area contributed by atoms with Crippen molar-refractivity contribution in [2.45, 2.75) is 26.4 Å². The van der Waals surface area contributed by atoms with E-state index in [1.54, 1.807) is 29.4 Å². The Balaban J connectivity index is 1.99. The van der Waals surface area contributed by atoms with Gasteiger partial charge in [0.2, 0.25) is 15.9 Å². The van der Waals surface area contributed by atoms with Crippen molar-refractivity contribution in [1.82, 2.24) is 14.2 Å². The number of sulfonamides is 1. The summed E-state index contributed by atoms with van der Waals surface area (Å²) in [7, 11) is -3.41. The van der Waals surface area contributed by atoms with Crippen molar-refractivity contribution in [2.24, 2.45) is 0 Å². The van der Waals surface area contributed by atoms with Crippen molar-refractivity contribution < 1.29 is 13.2 Å². The minimum atomic E-state index is -3.41. The minimum Gasteiger partial charge on any atom is -0.339 e. The minimum absolute atomic E-state index is 0.0558. The highest BCUT2D eigenvalue weighted by Crippen LogP contribution is 2.11. The number of benzene rings is 1. The summed E-state index contributed by atoms with van der Waals surface area (Å²) in [6, 6.07) is 13.3. The zero-order valence-electron chi connectivity index (χ0n) is 15.2. The summed E-state index contributed by atoms with van der Waals surface area (Å²) in [6.07, 6.45) is 4.57. The molecule has 0 radical (unpaired) electrons. The zero-order valence-corrected chi connectivity index (χ0v) is 16.0. The van der Waals surface area contributed by atoms with Gasteiger partial charge >= 0.3 is 0 Å². The van der Waals surface area contributed by atoms with Crippen molar-refractivity contribution in [1.29, 1.82) is 0 Å². The molecule has 0 spiro atoms. The fraction of sp³-hybridized carbons (Fsp3) is 0.368. The lowest BCUT2D eigenvalue weighted by Gasteiger charge is -2.24. The maximum Gasteiger partial charge on any atom is 0.224 e. The monoisotopic (exact) mass is 375 g/mol. The normalized spacial score (nSPS) is 11.5. The number of aromatic nitrogens is 1. The SMILES string of the molecule is CCN(Cc1ccccc1)C(=O)CCN(Cc1ccncc1)S(C)(=O)=O. The van der Waals surface area contributed by atoms with E-state index in [1.165, 1.54) is 10.6 Å². The van der Waals surface area contributed by atoms with Crippen LogP contribution in [0.25, 0.3) is 0 Å². The molecule has 0 aliphatic heterocycles. The summed E-state index contributed by atoms with van der Waals surface area (Å²) in [6.45, 7) is 3.42. The molecule has 0 aliphatic carbocycles. The van der Waals surface area contributed by atoms with Crippen LogP contribution in [0.4, 0.5) is 0 Å². The van der Waals surface area contributed by atoms with E-state index in [-0.39, 0.29) is 25.4 Å². The second-order valence-corrected chi connectivity index (χ2v) is 8.08. The van der Waals surface area contributed by atoms with Gasteiger partial charge in [0.1, 0.15) is 0 Å². The molecule has 26 heavy (non-hydrogen) atoms. The molecule has 0 N–H and O–H groups in total. The number of hydrogen-bond acceptors (Lipinski definition) is 4. The lowest BCUT2D eigenvalue weighted by molar-refractivity contribution is -0.131. The van der Waals surface area contributed by atoms with Crippen LogP contribution < -0.4 is 0 Å². The largest absolute Gasteiger partial charge is 0.339 e. The Hall–Kier alpha value is -2.25. The molecule has 0 atom stereocenters. The molecule has 0 saturated heterocycles. The van der Waals surface area contributed by atoms with Gasteiger partial charge in [-0.05, 0) is 30.2 Å². The number of hydrogen-bond donors (Lipinski definition) is 0. The summed E-state index contributed by atoms with van der Waals surface area (Å²) < 4.78 is 25.5. The summed E-state index contributed by atoms with van der Waals surface area (Å²) in [5.41, 5.74) is 1.90. The lowest BCUT2D eigenvalue weighted by atomic mass is 10.2. The molecule has 6 nitrogen and oxygen atoms in total. The molecule has 1 heterocycles. The fourth-order valence-corrected chi connectivity index (χ4v) is 3.42. The summed E-state index contributed by atoms with van der Waals surface area (Å²) in [5, 5.41) is 0. The number of pyridine rings is 1.